The van der Waals surface area contributed by atoms with Crippen molar-refractivity contribution in [3.63, 3.8) is 0 Å². The Morgan fingerprint density at radius 3 is 1.67 bits per heavy atom. The van der Waals surface area contributed by atoms with E-state index in [1.165, 1.54) is 12.1 Å². The number of nitrogens with one attached hydrogen (secondary N) is 2. The van der Waals surface area contributed by atoms with Crippen LogP contribution in [0, 0.1) is 0 Å². The van der Waals surface area contributed by atoms with E-state index in [1.807, 2.05) is 60.7 Å². The zero-order valence-corrected chi connectivity index (χ0v) is 22.3. The summed E-state index contributed by atoms with van der Waals surface area (Å²) in [6.45, 7) is 0.331. The number of hydrogen-bond donors (Lipinski definition) is 4. The summed E-state index contributed by atoms with van der Waals surface area (Å²) >= 11 is 0. The van der Waals surface area contributed by atoms with Crippen LogP contribution in [0.15, 0.2) is 126 Å². The molecule has 0 amide bonds. The molecule has 0 fully saturated rings. The van der Waals surface area contributed by atoms with Crippen molar-refractivity contribution >= 4 is 23.0 Å². The number of fused-ring (bicyclic) bond motifs is 2. The van der Waals surface area contributed by atoms with E-state index in [1.54, 1.807) is 36.4 Å². The molecule has 0 aliphatic heterocycles. The summed E-state index contributed by atoms with van der Waals surface area (Å²) in [5.41, 5.74) is 2.63. The van der Waals surface area contributed by atoms with Crippen molar-refractivity contribution in [3.8, 4) is 0 Å². The normalized spacial score (nSPS) is 15.8. The van der Waals surface area contributed by atoms with Crippen LogP contribution in [0.4, 0.5) is 0 Å². The highest BCUT2D eigenvalue weighted by Gasteiger charge is 2.48. The SMILES string of the molecule is O=C1C(O)=C(OC(O)(NCc2ccccc2)C2=C(NCc3ccccc3)c3ccccc3C2=O)C(=O)c2ccccc21. The lowest BCUT2D eigenvalue weighted by atomic mass is 9.92. The number of benzene rings is 4. The van der Waals surface area contributed by atoms with Gasteiger partial charge in [0.1, 0.15) is 5.57 Å². The van der Waals surface area contributed by atoms with Crippen molar-refractivity contribution in [1.29, 1.82) is 0 Å². The molecular formula is C34H26N2O6. The summed E-state index contributed by atoms with van der Waals surface area (Å²) in [5.74, 6) is -6.54. The summed E-state index contributed by atoms with van der Waals surface area (Å²) in [4.78, 5) is 40.4. The minimum Gasteiger partial charge on any atom is -0.501 e. The second-order valence-corrected chi connectivity index (χ2v) is 9.93. The maximum absolute atomic E-state index is 13.9. The molecule has 0 saturated heterocycles. The van der Waals surface area contributed by atoms with E-state index in [9.17, 15) is 24.6 Å². The van der Waals surface area contributed by atoms with Crippen LogP contribution in [0.25, 0.3) is 5.70 Å². The standard InChI is InChI=1S/C34H26N2O6/c37-29-24-16-8-7-15-23(24)28(35-19-21-11-3-1-4-12-21)27(29)34(41,36-20-22-13-5-2-6-14-22)42-33-31(39)26-18-10-9-17-25(26)30(38)32(33)40/h1-18,35-36,40-41H,19-20H2. The van der Waals surface area contributed by atoms with Crippen LogP contribution in [-0.2, 0) is 17.8 Å². The van der Waals surface area contributed by atoms with E-state index < -0.39 is 34.8 Å². The Bertz CT molecular complexity index is 1780. The van der Waals surface area contributed by atoms with Gasteiger partial charge in [0.15, 0.2) is 5.78 Å². The highest BCUT2D eigenvalue weighted by molar-refractivity contribution is 6.25. The van der Waals surface area contributed by atoms with Crippen LogP contribution in [-0.4, -0.2) is 33.5 Å². The summed E-state index contributed by atoms with van der Waals surface area (Å²) < 4.78 is 5.91. The predicted molar refractivity (Wildman–Crippen MR) is 155 cm³/mol. The molecule has 4 N–H and O–H groups in total. The molecule has 6 rings (SSSR count). The summed E-state index contributed by atoms with van der Waals surface area (Å²) in [6.07, 6.45) is 0. The Balaban J connectivity index is 1.47. The maximum atomic E-state index is 13.9. The van der Waals surface area contributed by atoms with Gasteiger partial charge >= 0.3 is 5.91 Å². The van der Waals surface area contributed by atoms with Crippen LogP contribution in [0.1, 0.15) is 47.8 Å². The van der Waals surface area contributed by atoms with E-state index in [4.69, 9.17) is 4.74 Å². The van der Waals surface area contributed by atoms with Crippen LogP contribution in [0.5, 0.6) is 0 Å². The van der Waals surface area contributed by atoms with Gasteiger partial charge in [-0.15, -0.1) is 0 Å². The number of aliphatic hydroxyl groups is 2. The van der Waals surface area contributed by atoms with Gasteiger partial charge in [-0.1, -0.05) is 109 Å². The highest BCUT2D eigenvalue weighted by atomic mass is 16.7. The number of rotatable bonds is 9. The minimum absolute atomic E-state index is 0.0122. The topological polar surface area (TPSA) is 125 Å². The number of carbonyl (C=O) groups excluding carboxylic acids is 3. The molecule has 0 heterocycles. The van der Waals surface area contributed by atoms with Gasteiger partial charge in [0.2, 0.25) is 23.1 Å². The average molecular weight is 559 g/mol. The molecule has 0 spiro atoms. The first-order chi connectivity index (χ1) is 20.4. The van der Waals surface area contributed by atoms with E-state index in [0.717, 1.165) is 11.1 Å². The summed E-state index contributed by atoms with van der Waals surface area (Å²) in [7, 11) is 0. The molecule has 42 heavy (non-hydrogen) atoms. The molecule has 1 unspecified atom stereocenters. The second kappa shape index (κ2) is 10.9. The third-order valence-corrected chi connectivity index (χ3v) is 7.25. The van der Waals surface area contributed by atoms with Crippen molar-refractivity contribution < 1.29 is 29.3 Å². The van der Waals surface area contributed by atoms with Crippen LogP contribution in [0.2, 0.25) is 0 Å². The molecule has 0 bridgehead atoms. The Morgan fingerprint density at radius 2 is 1.07 bits per heavy atom. The number of Topliss-reactive ketones (excluding diaryl/α,β-unsaturated/α-hetero) is 3. The first-order valence-electron chi connectivity index (χ1n) is 13.4. The molecular weight excluding hydrogens is 532 g/mol. The minimum atomic E-state index is -2.64. The predicted octanol–water partition coefficient (Wildman–Crippen LogP) is 4.69. The van der Waals surface area contributed by atoms with Crippen molar-refractivity contribution in [2.24, 2.45) is 0 Å². The van der Waals surface area contributed by atoms with Crippen molar-refractivity contribution in [3.05, 3.63) is 160 Å². The van der Waals surface area contributed by atoms with Gasteiger partial charge in [0, 0.05) is 35.3 Å². The smallest absolute Gasteiger partial charge is 0.302 e. The molecule has 2 aliphatic rings. The van der Waals surface area contributed by atoms with Crippen molar-refractivity contribution in [1.82, 2.24) is 10.6 Å². The summed E-state index contributed by atoms with van der Waals surface area (Å²) in [5, 5.41) is 29.2. The quantitative estimate of drug-likeness (QED) is 0.218. The van der Waals surface area contributed by atoms with Gasteiger partial charge in [-0.25, -0.2) is 5.32 Å². The van der Waals surface area contributed by atoms with Crippen LogP contribution in [0.3, 0.4) is 0 Å². The lowest BCUT2D eigenvalue weighted by Crippen LogP contribution is -2.52. The first-order valence-corrected chi connectivity index (χ1v) is 13.4. The van der Waals surface area contributed by atoms with E-state index in [0.29, 0.717) is 17.7 Å². The monoisotopic (exact) mass is 558 g/mol. The van der Waals surface area contributed by atoms with E-state index in [-0.39, 0.29) is 28.9 Å². The Morgan fingerprint density at radius 1 is 0.595 bits per heavy atom. The fraction of sp³-hybridized carbons (Fsp3) is 0.0882. The first kappa shape index (κ1) is 26.9. The van der Waals surface area contributed by atoms with Crippen LogP contribution >= 0.6 is 0 Å². The third-order valence-electron chi connectivity index (χ3n) is 7.25. The zero-order valence-electron chi connectivity index (χ0n) is 22.3. The molecule has 4 aromatic carbocycles. The molecule has 208 valence electrons. The summed E-state index contributed by atoms with van der Waals surface area (Å²) in [6, 6.07) is 31.5. The third kappa shape index (κ3) is 4.79. The molecule has 8 nitrogen and oxygen atoms in total. The molecule has 0 radical (unpaired) electrons. The number of aliphatic hydroxyl groups excluding tert-OH is 1. The van der Waals surface area contributed by atoms with Gasteiger partial charge < -0.3 is 20.3 Å². The number of ketones is 3. The molecule has 8 heteroatoms. The molecule has 2 aliphatic carbocycles. The number of ether oxygens (including phenoxy) is 1. The molecule has 0 saturated carbocycles. The Hall–Kier alpha value is -5.31. The number of hydrogen-bond acceptors (Lipinski definition) is 8. The van der Waals surface area contributed by atoms with Crippen LogP contribution < -0.4 is 10.6 Å². The van der Waals surface area contributed by atoms with Gasteiger partial charge in [-0.05, 0) is 11.1 Å². The number of allylic oxidation sites excluding steroid dienone is 2. The van der Waals surface area contributed by atoms with Gasteiger partial charge in [-0.2, -0.15) is 0 Å². The van der Waals surface area contributed by atoms with E-state index >= 15 is 0 Å². The van der Waals surface area contributed by atoms with Gasteiger partial charge in [-0.3, -0.25) is 14.4 Å². The highest BCUT2D eigenvalue weighted by Crippen LogP contribution is 2.39. The average Bonchev–Trinajstić information content (AvgIpc) is 3.33. The number of carbonyl (C=O) groups is 3. The molecule has 0 aromatic heterocycles. The largest absolute Gasteiger partial charge is 0.501 e. The zero-order chi connectivity index (χ0) is 29.3. The van der Waals surface area contributed by atoms with Gasteiger partial charge in [0.05, 0.1) is 5.70 Å². The fourth-order valence-electron chi connectivity index (χ4n) is 5.15. The van der Waals surface area contributed by atoms with Crippen molar-refractivity contribution in [2.45, 2.75) is 19.0 Å². The molecule has 1 atom stereocenters. The maximum Gasteiger partial charge on any atom is 0.302 e. The van der Waals surface area contributed by atoms with Crippen molar-refractivity contribution in [2.75, 3.05) is 0 Å². The lowest BCUT2D eigenvalue weighted by molar-refractivity contribution is -0.167. The van der Waals surface area contributed by atoms with Gasteiger partial charge in [0.25, 0.3) is 0 Å². The Kier molecular flexibility index (Phi) is 7.00. The lowest BCUT2D eigenvalue weighted by Gasteiger charge is -2.33. The Labute approximate surface area is 241 Å². The molecule has 4 aromatic rings. The fourth-order valence-corrected chi connectivity index (χ4v) is 5.15. The van der Waals surface area contributed by atoms with E-state index in [2.05, 4.69) is 10.6 Å². The second-order valence-electron chi connectivity index (χ2n) is 9.93.